The highest BCUT2D eigenvalue weighted by molar-refractivity contribution is 5.53. The van der Waals surface area contributed by atoms with Gasteiger partial charge < -0.3 is 0 Å². The minimum atomic E-state index is 0.328. The molecule has 3 nitrogen and oxygen atoms in total. The van der Waals surface area contributed by atoms with E-state index < -0.39 is 0 Å². The van der Waals surface area contributed by atoms with Gasteiger partial charge in [0.15, 0.2) is 0 Å². The molecule has 0 bridgehead atoms. The van der Waals surface area contributed by atoms with Crippen LogP contribution in [0.5, 0.6) is 0 Å². The molecule has 0 aromatic heterocycles. The Morgan fingerprint density at radius 1 is 0.611 bits per heavy atom. The van der Waals surface area contributed by atoms with Crippen molar-refractivity contribution < 1.29 is 0 Å². The Balaban J connectivity index is 3.61. The molecule has 0 N–H and O–H groups in total. The summed E-state index contributed by atoms with van der Waals surface area (Å²) in [6, 6.07) is 6.47. The van der Waals surface area contributed by atoms with Crippen LogP contribution in [0, 0.1) is 54.8 Å². The van der Waals surface area contributed by atoms with Crippen molar-refractivity contribution in [3.63, 3.8) is 0 Å². The Hall–Kier alpha value is -2.31. The van der Waals surface area contributed by atoms with E-state index >= 15 is 0 Å². The van der Waals surface area contributed by atoms with Crippen LogP contribution in [0.1, 0.15) is 33.4 Å². The first-order valence-corrected chi connectivity index (χ1v) is 5.79. The maximum Gasteiger partial charge on any atom is 0.0669 e. The molecular weight excluding hydrogens is 222 g/mol. The molecule has 0 saturated carbocycles. The van der Waals surface area contributed by atoms with E-state index in [2.05, 4.69) is 18.2 Å². The highest BCUT2D eigenvalue weighted by Gasteiger charge is 2.16. The minimum Gasteiger partial charge on any atom is -0.198 e. The van der Waals surface area contributed by atoms with Gasteiger partial charge in [0.1, 0.15) is 0 Å². The van der Waals surface area contributed by atoms with Crippen molar-refractivity contribution in [2.45, 2.75) is 40.0 Å². The summed E-state index contributed by atoms with van der Waals surface area (Å²) in [7, 11) is 0. The molecule has 0 radical (unpaired) electrons. The zero-order valence-corrected chi connectivity index (χ0v) is 11.0. The summed E-state index contributed by atoms with van der Waals surface area (Å²) in [6.45, 7) is 5.86. The molecule has 0 atom stereocenters. The van der Waals surface area contributed by atoms with Gasteiger partial charge in [-0.1, -0.05) is 0 Å². The SMILES string of the molecule is Cc1c(CC#N)c(C)c(CC#N)c(C)c1CC#N. The van der Waals surface area contributed by atoms with Gasteiger partial charge in [0.2, 0.25) is 0 Å². The topological polar surface area (TPSA) is 71.4 Å². The summed E-state index contributed by atoms with van der Waals surface area (Å²) in [5.74, 6) is 0. The van der Waals surface area contributed by atoms with Crippen molar-refractivity contribution in [3.8, 4) is 18.2 Å². The second-order valence-corrected chi connectivity index (χ2v) is 4.32. The van der Waals surface area contributed by atoms with Gasteiger partial charge in [-0.05, 0) is 54.2 Å². The van der Waals surface area contributed by atoms with E-state index in [-0.39, 0.29) is 0 Å². The van der Waals surface area contributed by atoms with Crippen LogP contribution in [0.2, 0.25) is 0 Å². The lowest BCUT2D eigenvalue weighted by Gasteiger charge is -2.18. The third kappa shape index (κ3) is 2.34. The molecule has 18 heavy (non-hydrogen) atoms. The fraction of sp³-hybridized carbons (Fsp3) is 0.400. The van der Waals surface area contributed by atoms with Gasteiger partial charge in [-0.3, -0.25) is 0 Å². The molecule has 0 spiro atoms. The molecule has 0 heterocycles. The maximum atomic E-state index is 8.90. The lowest BCUT2D eigenvalue weighted by Crippen LogP contribution is -2.07. The Labute approximate surface area is 108 Å². The molecule has 1 rings (SSSR count). The number of benzene rings is 1. The van der Waals surface area contributed by atoms with E-state index in [0.717, 1.165) is 33.4 Å². The molecule has 0 aliphatic carbocycles. The van der Waals surface area contributed by atoms with E-state index in [9.17, 15) is 0 Å². The van der Waals surface area contributed by atoms with Crippen molar-refractivity contribution in [2.75, 3.05) is 0 Å². The predicted octanol–water partition coefficient (Wildman–Crippen LogP) is 2.81. The Morgan fingerprint density at radius 2 is 0.833 bits per heavy atom. The zero-order valence-electron chi connectivity index (χ0n) is 11.0. The van der Waals surface area contributed by atoms with Gasteiger partial charge in [-0.25, -0.2) is 0 Å². The van der Waals surface area contributed by atoms with Crippen LogP contribution in [-0.4, -0.2) is 0 Å². The van der Waals surface area contributed by atoms with Crippen LogP contribution < -0.4 is 0 Å². The first-order chi connectivity index (χ1) is 8.58. The largest absolute Gasteiger partial charge is 0.198 e. The Bertz CT molecular complexity index is 485. The average Bonchev–Trinajstić information content (AvgIpc) is 2.35. The number of nitrogens with zero attached hydrogens (tertiary/aromatic N) is 3. The molecule has 1 aromatic carbocycles. The predicted molar refractivity (Wildman–Crippen MR) is 68.6 cm³/mol. The summed E-state index contributed by atoms with van der Waals surface area (Å²) >= 11 is 0. The summed E-state index contributed by atoms with van der Waals surface area (Å²) in [5, 5.41) is 26.7. The molecule has 0 unspecified atom stereocenters. The summed E-state index contributed by atoms with van der Waals surface area (Å²) in [5.41, 5.74) is 5.98. The van der Waals surface area contributed by atoms with Crippen LogP contribution >= 0.6 is 0 Å². The first kappa shape index (κ1) is 13.8. The molecule has 0 fully saturated rings. The fourth-order valence-electron chi connectivity index (χ4n) is 2.42. The van der Waals surface area contributed by atoms with Crippen molar-refractivity contribution in [1.29, 1.82) is 15.8 Å². The van der Waals surface area contributed by atoms with Gasteiger partial charge in [0.25, 0.3) is 0 Å². The van der Waals surface area contributed by atoms with E-state index in [1.54, 1.807) is 0 Å². The third-order valence-electron chi connectivity index (χ3n) is 3.48. The summed E-state index contributed by atoms with van der Waals surface area (Å²) in [6.07, 6.45) is 0.985. The van der Waals surface area contributed by atoms with E-state index in [1.165, 1.54) is 0 Å². The van der Waals surface area contributed by atoms with Crippen molar-refractivity contribution in [1.82, 2.24) is 0 Å². The highest BCUT2D eigenvalue weighted by atomic mass is 14.3. The first-order valence-electron chi connectivity index (χ1n) is 5.79. The number of hydrogen-bond acceptors (Lipinski definition) is 3. The highest BCUT2D eigenvalue weighted by Crippen LogP contribution is 2.28. The Kier molecular flexibility index (Phi) is 4.47. The lowest BCUT2D eigenvalue weighted by molar-refractivity contribution is 1.04. The monoisotopic (exact) mass is 237 g/mol. The summed E-state index contributed by atoms with van der Waals surface area (Å²) < 4.78 is 0. The quantitative estimate of drug-likeness (QED) is 0.811. The second kappa shape index (κ2) is 5.85. The Morgan fingerprint density at radius 3 is 1.00 bits per heavy atom. The minimum absolute atomic E-state index is 0.328. The molecule has 0 aliphatic rings. The molecule has 90 valence electrons. The molecule has 1 aromatic rings. The smallest absolute Gasteiger partial charge is 0.0669 e. The molecular formula is C15H15N3. The van der Waals surface area contributed by atoms with Gasteiger partial charge >= 0.3 is 0 Å². The third-order valence-corrected chi connectivity index (χ3v) is 3.48. The summed E-state index contributed by atoms with van der Waals surface area (Å²) in [4.78, 5) is 0. The van der Waals surface area contributed by atoms with Gasteiger partial charge in [0.05, 0.1) is 37.5 Å². The van der Waals surface area contributed by atoms with Crippen LogP contribution in [0.3, 0.4) is 0 Å². The van der Waals surface area contributed by atoms with Gasteiger partial charge in [-0.2, -0.15) is 15.8 Å². The van der Waals surface area contributed by atoms with E-state index in [0.29, 0.717) is 19.3 Å². The second-order valence-electron chi connectivity index (χ2n) is 4.32. The standard InChI is InChI=1S/C15H15N3/c1-10-13(4-7-16)11(2)15(6-9-18)12(3)14(10)5-8-17/h4-6H2,1-3H3. The molecule has 0 amide bonds. The van der Waals surface area contributed by atoms with Gasteiger partial charge in [-0.15, -0.1) is 0 Å². The number of rotatable bonds is 3. The van der Waals surface area contributed by atoms with Crippen molar-refractivity contribution in [2.24, 2.45) is 0 Å². The maximum absolute atomic E-state index is 8.90. The van der Waals surface area contributed by atoms with Crippen LogP contribution in [0.25, 0.3) is 0 Å². The van der Waals surface area contributed by atoms with E-state index in [1.807, 2.05) is 20.8 Å². The number of nitriles is 3. The van der Waals surface area contributed by atoms with Crippen LogP contribution in [0.15, 0.2) is 0 Å². The fourth-order valence-corrected chi connectivity index (χ4v) is 2.42. The molecule has 0 aliphatic heterocycles. The van der Waals surface area contributed by atoms with Crippen LogP contribution in [-0.2, 0) is 19.3 Å². The zero-order chi connectivity index (χ0) is 13.7. The molecule has 0 saturated heterocycles. The van der Waals surface area contributed by atoms with Crippen LogP contribution in [0.4, 0.5) is 0 Å². The van der Waals surface area contributed by atoms with E-state index in [4.69, 9.17) is 15.8 Å². The van der Waals surface area contributed by atoms with Crippen molar-refractivity contribution >= 4 is 0 Å². The molecule has 3 heteroatoms. The normalized spacial score (nSPS) is 9.33. The van der Waals surface area contributed by atoms with Crippen molar-refractivity contribution in [3.05, 3.63) is 33.4 Å². The lowest BCUT2D eigenvalue weighted by atomic mass is 9.85. The number of hydrogen-bond donors (Lipinski definition) is 0. The average molecular weight is 237 g/mol. The van der Waals surface area contributed by atoms with Gasteiger partial charge in [0, 0.05) is 0 Å².